The van der Waals surface area contributed by atoms with Crippen molar-refractivity contribution in [3.63, 3.8) is 0 Å². The molecule has 5 heteroatoms. The van der Waals surface area contributed by atoms with Gasteiger partial charge in [0.05, 0.1) is 12.9 Å². The lowest BCUT2D eigenvalue weighted by Gasteiger charge is -2.20. The Labute approximate surface area is 114 Å². The van der Waals surface area contributed by atoms with Gasteiger partial charge in [-0.3, -0.25) is 0 Å². The first-order chi connectivity index (χ1) is 9.16. The Morgan fingerprint density at radius 3 is 2.74 bits per heavy atom. The summed E-state index contributed by atoms with van der Waals surface area (Å²) in [4.78, 5) is 0. The molecule has 1 aliphatic rings. The normalized spacial score (nSPS) is 28.9. The molecule has 1 rings (SSSR count). The number of ether oxygens (including phenoxy) is 2. The number of allylic oxidation sites excluding steroid dienone is 1. The number of hydrogen-bond acceptors (Lipinski definition) is 5. The zero-order chi connectivity index (χ0) is 14.1. The van der Waals surface area contributed by atoms with Gasteiger partial charge in [0.1, 0.15) is 31.0 Å². The van der Waals surface area contributed by atoms with Crippen LogP contribution in [-0.2, 0) is 9.47 Å². The van der Waals surface area contributed by atoms with Crippen molar-refractivity contribution < 1.29 is 24.8 Å². The van der Waals surface area contributed by atoms with Crippen LogP contribution in [0.25, 0.3) is 0 Å². The van der Waals surface area contributed by atoms with Gasteiger partial charge in [-0.1, -0.05) is 26.2 Å². The summed E-state index contributed by atoms with van der Waals surface area (Å²) in [6.07, 6.45) is 5.66. The Hall–Kier alpha value is -0.620. The predicted molar refractivity (Wildman–Crippen MR) is 71.6 cm³/mol. The zero-order valence-electron chi connectivity index (χ0n) is 11.6. The van der Waals surface area contributed by atoms with E-state index in [-0.39, 0.29) is 13.2 Å². The molecule has 0 aromatic rings. The van der Waals surface area contributed by atoms with Crippen LogP contribution in [-0.4, -0.2) is 52.9 Å². The summed E-state index contributed by atoms with van der Waals surface area (Å²) in [5.41, 5.74) is 0. The minimum Gasteiger partial charge on any atom is -0.499 e. The average molecular weight is 274 g/mol. The van der Waals surface area contributed by atoms with Crippen LogP contribution in [0, 0.1) is 0 Å². The van der Waals surface area contributed by atoms with Gasteiger partial charge in [-0.15, -0.1) is 0 Å². The molecule has 3 N–H and O–H groups in total. The third kappa shape index (κ3) is 5.91. The van der Waals surface area contributed by atoms with E-state index in [1.165, 1.54) is 19.3 Å². The topological polar surface area (TPSA) is 79.2 Å². The highest BCUT2D eigenvalue weighted by Crippen LogP contribution is 2.17. The van der Waals surface area contributed by atoms with E-state index in [4.69, 9.17) is 9.47 Å². The molecule has 0 saturated carbocycles. The van der Waals surface area contributed by atoms with Crippen molar-refractivity contribution in [3.05, 3.63) is 12.3 Å². The Morgan fingerprint density at radius 1 is 1.32 bits per heavy atom. The minimum atomic E-state index is -1.04. The first-order valence-corrected chi connectivity index (χ1v) is 7.09. The smallest absolute Gasteiger partial charge is 0.117 e. The lowest BCUT2D eigenvalue weighted by molar-refractivity contribution is -0.0703. The highest BCUT2D eigenvalue weighted by molar-refractivity contribution is 4.88. The second kappa shape index (κ2) is 9.31. The van der Waals surface area contributed by atoms with Crippen LogP contribution in [0.15, 0.2) is 12.3 Å². The molecule has 0 unspecified atom stereocenters. The molecule has 19 heavy (non-hydrogen) atoms. The maximum absolute atomic E-state index is 9.75. The maximum atomic E-state index is 9.75. The highest BCUT2D eigenvalue weighted by atomic mass is 16.5. The lowest BCUT2D eigenvalue weighted by Crippen LogP contribution is -2.40. The molecule has 1 fully saturated rings. The van der Waals surface area contributed by atoms with Crippen LogP contribution < -0.4 is 0 Å². The molecule has 1 saturated heterocycles. The Balaban J connectivity index is 2.07. The van der Waals surface area contributed by atoms with Crippen LogP contribution in [0.3, 0.4) is 0 Å². The number of aliphatic hydroxyl groups is 3. The zero-order valence-corrected chi connectivity index (χ0v) is 11.6. The van der Waals surface area contributed by atoms with Crippen LogP contribution >= 0.6 is 0 Å². The van der Waals surface area contributed by atoms with Crippen molar-refractivity contribution >= 4 is 0 Å². The summed E-state index contributed by atoms with van der Waals surface area (Å²) in [6, 6.07) is 0. The molecule has 5 nitrogen and oxygen atoms in total. The SMILES string of the molecule is CCCCCC/C=C/OC[C@H](O)[C@H]1OC[C@@H](O)[C@H]1O. The van der Waals surface area contributed by atoms with Gasteiger partial charge in [0.15, 0.2) is 0 Å². The summed E-state index contributed by atoms with van der Waals surface area (Å²) in [6.45, 7) is 2.28. The molecule has 112 valence electrons. The molecule has 0 aromatic heterocycles. The minimum absolute atomic E-state index is 0.0517. The molecule has 0 aliphatic carbocycles. The van der Waals surface area contributed by atoms with E-state index >= 15 is 0 Å². The van der Waals surface area contributed by atoms with Crippen molar-refractivity contribution in [1.82, 2.24) is 0 Å². The Morgan fingerprint density at radius 2 is 2.11 bits per heavy atom. The van der Waals surface area contributed by atoms with Crippen LogP contribution in [0.4, 0.5) is 0 Å². The fourth-order valence-electron chi connectivity index (χ4n) is 2.04. The monoisotopic (exact) mass is 274 g/mol. The highest BCUT2D eigenvalue weighted by Gasteiger charge is 2.39. The molecule has 0 radical (unpaired) electrons. The Kier molecular flexibility index (Phi) is 8.05. The molecule has 0 spiro atoms. The van der Waals surface area contributed by atoms with Crippen molar-refractivity contribution in [1.29, 1.82) is 0 Å². The van der Waals surface area contributed by atoms with Gasteiger partial charge in [0, 0.05) is 0 Å². The van der Waals surface area contributed by atoms with Crippen molar-refractivity contribution in [2.75, 3.05) is 13.2 Å². The average Bonchev–Trinajstić information content (AvgIpc) is 2.73. The molecule has 0 bridgehead atoms. The van der Waals surface area contributed by atoms with Crippen LogP contribution in [0.2, 0.25) is 0 Å². The van der Waals surface area contributed by atoms with E-state index in [1.807, 2.05) is 6.08 Å². The van der Waals surface area contributed by atoms with Gasteiger partial charge in [-0.05, 0) is 18.9 Å². The fourth-order valence-corrected chi connectivity index (χ4v) is 2.04. The van der Waals surface area contributed by atoms with E-state index in [1.54, 1.807) is 6.26 Å². The van der Waals surface area contributed by atoms with E-state index < -0.39 is 24.4 Å². The van der Waals surface area contributed by atoms with E-state index in [0.717, 1.165) is 12.8 Å². The van der Waals surface area contributed by atoms with Crippen molar-refractivity contribution in [2.45, 2.75) is 63.4 Å². The Bertz CT molecular complexity index is 256. The van der Waals surface area contributed by atoms with Gasteiger partial charge in [-0.2, -0.15) is 0 Å². The molecule has 0 amide bonds. The molecular formula is C14H26O5. The number of hydrogen-bond donors (Lipinski definition) is 3. The largest absolute Gasteiger partial charge is 0.499 e. The van der Waals surface area contributed by atoms with Gasteiger partial charge >= 0.3 is 0 Å². The molecular weight excluding hydrogens is 248 g/mol. The summed E-state index contributed by atoms with van der Waals surface area (Å²) in [5.74, 6) is 0. The first kappa shape index (κ1) is 16.4. The number of unbranched alkanes of at least 4 members (excludes halogenated alkanes) is 4. The van der Waals surface area contributed by atoms with Crippen LogP contribution in [0.1, 0.15) is 39.0 Å². The molecule has 4 atom stereocenters. The van der Waals surface area contributed by atoms with E-state index in [2.05, 4.69) is 6.92 Å². The summed E-state index contributed by atoms with van der Waals surface area (Å²) in [5, 5.41) is 28.6. The van der Waals surface area contributed by atoms with E-state index in [0.29, 0.717) is 0 Å². The van der Waals surface area contributed by atoms with Crippen molar-refractivity contribution in [3.8, 4) is 0 Å². The second-order valence-electron chi connectivity index (χ2n) is 4.98. The molecule has 1 aliphatic heterocycles. The van der Waals surface area contributed by atoms with Gasteiger partial charge < -0.3 is 24.8 Å². The summed E-state index contributed by atoms with van der Waals surface area (Å²) in [7, 11) is 0. The second-order valence-corrected chi connectivity index (χ2v) is 4.98. The van der Waals surface area contributed by atoms with Gasteiger partial charge in [-0.25, -0.2) is 0 Å². The number of aliphatic hydroxyl groups excluding tert-OH is 3. The van der Waals surface area contributed by atoms with Crippen LogP contribution in [0.5, 0.6) is 0 Å². The summed E-state index contributed by atoms with van der Waals surface area (Å²) >= 11 is 0. The third-order valence-electron chi connectivity index (χ3n) is 3.25. The standard InChI is InChI=1S/C14H26O5/c1-2-3-4-5-6-7-8-18-9-12(16)14-13(17)11(15)10-19-14/h7-8,11-17H,2-6,9-10H2,1H3/b8-7+/t11-,12+,13-,14-/m1/s1. The molecule has 0 aromatic carbocycles. The van der Waals surface area contributed by atoms with Gasteiger partial charge in [0.2, 0.25) is 0 Å². The first-order valence-electron chi connectivity index (χ1n) is 7.09. The lowest BCUT2D eigenvalue weighted by atomic mass is 10.1. The van der Waals surface area contributed by atoms with Gasteiger partial charge in [0.25, 0.3) is 0 Å². The third-order valence-corrected chi connectivity index (χ3v) is 3.25. The fraction of sp³-hybridized carbons (Fsp3) is 0.857. The molecule has 1 heterocycles. The van der Waals surface area contributed by atoms with Crippen molar-refractivity contribution in [2.24, 2.45) is 0 Å². The maximum Gasteiger partial charge on any atom is 0.117 e. The predicted octanol–water partition coefficient (Wildman–Crippen LogP) is 0.969. The quantitative estimate of drug-likeness (QED) is 0.431. The number of rotatable bonds is 9. The van der Waals surface area contributed by atoms with E-state index in [9.17, 15) is 15.3 Å². The summed E-state index contributed by atoms with van der Waals surface area (Å²) < 4.78 is 10.3.